The van der Waals surface area contributed by atoms with Crippen LogP contribution >= 0.6 is 0 Å². The number of ether oxygens (including phenoxy) is 2. The van der Waals surface area contributed by atoms with Crippen LogP contribution < -0.4 is 20.1 Å². The fourth-order valence-corrected chi connectivity index (χ4v) is 2.54. The quantitative estimate of drug-likeness (QED) is 0.648. The molecule has 0 spiro atoms. The molecule has 1 aromatic heterocycles. The highest BCUT2D eigenvalue weighted by molar-refractivity contribution is 5.65. The van der Waals surface area contributed by atoms with Crippen LogP contribution in [-0.4, -0.2) is 24.2 Å². The molecule has 0 atom stereocenters. The van der Waals surface area contributed by atoms with Gasteiger partial charge in [-0.25, -0.2) is 9.37 Å². The van der Waals surface area contributed by atoms with E-state index in [1.54, 1.807) is 26.4 Å². The molecule has 3 aromatic rings. The topological polar surface area (TPSA) is 68.3 Å². The van der Waals surface area contributed by atoms with Crippen molar-refractivity contribution < 1.29 is 13.9 Å². The van der Waals surface area contributed by atoms with Crippen molar-refractivity contribution in [1.29, 1.82) is 0 Å². The maximum Gasteiger partial charge on any atom is 0.229 e. The number of methoxy groups -OCH3 is 2. The van der Waals surface area contributed by atoms with Gasteiger partial charge in [0.1, 0.15) is 23.1 Å². The van der Waals surface area contributed by atoms with Crippen molar-refractivity contribution in [2.45, 2.75) is 13.5 Å². The number of halogens is 1. The number of aryl methyl sites for hydroxylation is 1. The number of benzene rings is 2. The summed E-state index contributed by atoms with van der Waals surface area (Å²) < 4.78 is 23.6. The molecule has 7 heteroatoms. The Balaban J connectivity index is 1.78. The van der Waals surface area contributed by atoms with Crippen molar-refractivity contribution in [2.24, 2.45) is 0 Å². The number of anilines is 3. The number of hydrogen-bond acceptors (Lipinski definition) is 6. The third kappa shape index (κ3) is 4.84. The molecule has 3 rings (SSSR count). The SMILES string of the molecule is COc1ccc(OC)c(Nc2nc(C)cc(NCc3ccc(F)cc3)n2)c1. The lowest BCUT2D eigenvalue weighted by atomic mass is 10.2. The van der Waals surface area contributed by atoms with E-state index in [-0.39, 0.29) is 5.82 Å². The van der Waals surface area contributed by atoms with Crippen LogP contribution in [0.5, 0.6) is 11.5 Å². The number of nitrogens with one attached hydrogen (secondary N) is 2. The van der Waals surface area contributed by atoms with Crippen LogP contribution in [0.25, 0.3) is 0 Å². The molecule has 0 bridgehead atoms. The normalized spacial score (nSPS) is 10.4. The first-order chi connectivity index (χ1) is 13.1. The molecule has 0 aliphatic rings. The highest BCUT2D eigenvalue weighted by Gasteiger charge is 2.09. The van der Waals surface area contributed by atoms with E-state index in [0.717, 1.165) is 11.3 Å². The summed E-state index contributed by atoms with van der Waals surface area (Å²) in [4.78, 5) is 8.91. The van der Waals surface area contributed by atoms with Crippen molar-refractivity contribution in [3.63, 3.8) is 0 Å². The first-order valence-corrected chi connectivity index (χ1v) is 8.40. The second-order valence-electron chi connectivity index (χ2n) is 5.89. The highest BCUT2D eigenvalue weighted by Crippen LogP contribution is 2.30. The Morgan fingerprint density at radius 3 is 2.44 bits per heavy atom. The van der Waals surface area contributed by atoms with Crippen molar-refractivity contribution in [3.8, 4) is 11.5 Å². The Labute approximate surface area is 157 Å². The first kappa shape index (κ1) is 18.4. The van der Waals surface area contributed by atoms with Gasteiger partial charge in [0.2, 0.25) is 5.95 Å². The van der Waals surface area contributed by atoms with Crippen LogP contribution in [0.4, 0.5) is 21.8 Å². The van der Waals surface area contributed by atoms with Gasteiger partial charge >= 0.3 is 0 Å². The van der Waals surface area contributed by atoms with Gasteiger partial charge in [-0.3, -0.25) is 0 Å². The van der Waals surface area contributed by atoms with Gasteiger partial charge in [-0.15, -0.1) is 0 Å². The molecule has 27 heavy (non-hydrogen) atoms. The van der Waals surface area contributed by atoms with Crippen molar-refractivity contribution in [1.82, 2.24) is 9.97 Å². The molecular formula is C20H21FN4O2. The fraction of sp³-hybridized carbons (Fsp3) is 0.200. The summed E-state index contributed by atoms with van der Waals surface area (Å²) in [5.41, 5.74) is 2.46. The Morgan fingerprint density at radius 1 is 0.963 bits per heavy atom. The van der Waals surface area contributed by atoms with E-state index < -0.39 is 0 Å². The van der Waals surface area contributed by atoms with Crippen LogP contribution in [0.1, 0.15) is 11.3 Å². The minimum Gasteiger partial charge on any atom is -0.497 e. The smallest absolute Gasteiger partial charge is 0.229 e. The lowest BCUT2D eigenvalue weighted by Gasteiger charge is -2.13. The molecule has 2 aromatic carbocycles. The molecule has 2 N–H and O–H groups in total. The maximum absolute atomic E-state index is 13.0. The summed E-state index contributed by atoms with van der Waals surface area (Å²) in [7, 11) is 3.20. The van der Waals surface area contributed by atoms with E-state index in [2.05, 4.69) is 20.6 Å². The molecule has 0 saturated heterocycles. The number of rotatable bonds is 7. The Kier molecular flexibility index (Phi) is 5.71. The van der Waals surface area contributed by atoms with Crippen LogP contribution in [0.15, 0.2) is 48.5 Å². The first-order valence-electron chi connectivity index (χ1n) is 8.40. The minimum absolute atomic E-state index is 0.254. The van der Waals surface area contributed by atoms with Gasteiger partial charge in [-0.2, -0.15) is 4.98 Å². The van der Waals surface area contributed by atoms with Gasteiger partial charge in [-0.1, -0.05) is 12.1 Å². The van der Waals surface area contributed by atoms with Crippen LogP contribution in [0.2, 0.25) is 0 Å². The molecule has 0 amide bonds. The molecule has 6 nitrogen and oxygen atoms in total. The maximum atomic E-state index is 13.0. The number of aromatic nitrogens is 2. The molecule has 0 aliphatic heterocycles. The number of hydrogen-bond donors (Lipinski definition) is 2. The van der Waals surface area contributed by atoms with E-state index in [1.807, 2.05) is 31.2 Å². The van der Waals surface area contributed by atoms with E-state index in [0.29, 0.717) is 35.5 Å². The molecule has 0 fully saturated rings. The van der Waals surface area contributed by atoms with Crippen LogP contribution in [-0.2, 0) is 6.54 Å². The summed E-state index contributed by atoms with van der Waals surface area (Å²) in [5, 5.41) is 6.40. The lowest BCUT2D eigenvalue weighted by Crippen LogP contribution is -2.06. The van der Waals surface area contributed by atoms with Gasteiger partial charge in [-0.05, 0) is 36.8 Å². The van der Waals surface area contributed by atoms with Crippen molar-refractivity contribution >= 4 is 17.5 Å². The molecule has 140 valence electrons. The van der Waals surface area contributed by atoms with E-state index in [9.17, 15) is 4.39 Å². The van der Waals surface area contributed by atoms with E-state index >= 15 is 0 Å². The monoisotopic (exact) mass is 368 g/mol. The largest absolute Gasteiger partial charge is 0.497 e. The lowest BCUT2D eigenvalue weighted by molar-refractivity contribution is 0.405. The third-order valence-electron chi connectivity index (χ3n) is 3.89. The Morgan fingerprint density at radius 2 is 1.74 bits per heavy atom. The minimum atomic E-state index is -0.254. The zero-order valence-electron chi connectivity index (χ0n) is 15.4. The van der Waals surface area contributed by atoms with Crippen molar-refractivity contribution in [2.75, 3.05) is 24.9 Å². The standard InChI is InChI=1S/C20H21FN4O2/c1-13-10-19(22-12-14-4-6-15(21)7-5-14)25-20(23-13)24-17-11-16(26-2)8-9-18(17)27-3/h4-11H,12H2,1-3H3,(H2,22,23,24,25). The average molecular weight is 368 g/mol. The zero-order valence-corrected chi connectivity index (χ0v) is 15.4. The number of nitrogens with zero attached hydrogens (tertiary/aromatic N) is 2. The second-order valence-corrected chi connectivity index (χ2v) is 5.89. The summed E-state index contributed by atoms with van der Waals surface area (Å²) >= 11 is 0. The summed E-state index contributed by atoms with van der Waals surface area (Å²) in [6.45, 7) is 2.41. The molecule has 0 radical (unpaired) electrons. The Bertz CT molecular complexity index is 916. The molecule has 0 unspecified atom stereocenters. The predicted molar refractivity (Wildman–Crippen MR) is 103 cm³/mol. The molecule has 0 aliphatic carbocycles. The zero-order chi connectivity index (χ0) is 19.2. The summed E-state index contributed by atoms with van der Waals surface area (Å²) in [6, 6.07) is 13.6. The van der Waals surface area contributed by atoms with Gasteiger partial charge in [0.15, 0.2) is 0 Å². The third-order valence-corrected chi connectivity index (χ3v) is 3.89. The summed E-state index contributed by atoms with van der Waals surface area (Å²) in [6.07, 6.45) is 0. The van der Waals surface area contributed by atoms with Crippen LogP contribution in [0.3, 0.4) is 0 Å². The fourth-order valence-electron chi connectivity index (χ4n) is 2.54. The molecule has 0 saturated carbocycles. The van der Waals surface area contributed by atoms with Gasteiger partial charge in [0, 0.05) is 24.4 Å². The van der Waals surface area contributed by atoms with Crippen molar-refractivity contribution in [3.05, 3.63) is 65.6 Å². The molecule has 1 heterocycles. The van der Waals surface area contributed by atoms with E-state index in [1.165, 1.54) is 12.1 Å². The van der Waals surface area contributed by atoms with Gasteiger partial charge in [0.05, 0.1) is 19.9 Å². The Hall–Kier alpha value is -3.35. The highest BCUT2D eigenvalue weighted by atomic mass is 19.1. The summed E-state index contributed by atoms with van der Waals surface area (Å²) in [5.74, 6) is 2.19. The van der Waals surface area contributed by atoms with Gasteiger partial charge in [0.25, 0.3) is 0 Å². The average Bonchev–Trinajstić information content (AvgIpc) is 2.67. The van der Waals surface area contributed by atoms with E-state index in [4.69, 9.17) is 9.47 Å². The predicted octanol–water partition coefficient (Wildman–Crippen LogP) is 4.30. The second kappa shape index (κ2) is 8.35. The van der Waals surface area contributed by atoms with Gasteiger partial charge < -0.3 is 20.1 Å². The van der Waals surface area contributed by atoms with Crippen LogP contribution in [0, 0.1) is 12.7 Å². The molecular weight excluding hydrogens is 347 g/mol.